The molecule has 2 rings (SSSR count). The van der Waals surface area contributed by atoms with Gasteiger partial charge in [0, 0.05) is 30.6 Å². The van der Waals surface area contributed by atoms with Gasteiger partial charge in [-0.3, -0.25) is 0 Å². The number of nitrogens with one attached hydrogen (secondary N) is 1. The molecule has 1 fully saturated rings. The van der Waals surface area contributed by atoms with Crippen LogP contribution in [-0.2, 0) is 10.2 Å². The second kappa shape index (κ2) is 7.57. The zero-order valence-electron chi connectivity index (χ0n) is 12.9. The molecule has 0 bridgehead atoms. The normalized spacial score (nSPS) is 26.0. The van der Waals surface area contributed by atoms with E-state index in [1.807, 2.05) is 6.07 Å². The number of halogens is 2. The van der Waals surface area contributed by atoms with Crippen LogP contribution in [0.1, 0.15) is 38.2 Å². The van der Waals surface area contributed by atoms with Crippen LogP contribution in [0.15, 0.2) is 18.2 Å². The second-order valence-corrected chi connectivity index (χ2v) is 6.66. The van der Waals surface area contributed by atoms with Crippen LogP contribution in [0.5, 0.6) is 0 Å². The first-order valence-corrected chi connectivity index (χ1v) is 8.10. The molecule has 0 atom stereocenters. The standard InChI is InChI=1S/C17H25ClFNO/c1-13-5-7-17(8-6-13,12-20-9-10-21-2)15-4-3-14(19)11-16(15)18/h3-4,11,13,20H,5-10,12H2,1-2H3. The van der Waals surface area contributed by atoms with Gasteiger partial charge < -0.3 is 10.1 Å². The Morgan fingerprint density at radius 1 is 1.38 bits per heavy atom. The van der Waals surface area contributed by atoms with Crippen molar-refractivity contribution < 1.29 is 9.13 Å². The predicted molar refractivity (Wildman–Crippen MR) is 85.5 cm³/mol. The van der Waals surface area contributed by atoms with Gasteiger partial charge >= 0.3 is 0 Å². The molecule has 1 aromatic carbocycles. The summed E-state index contributed by atoms with van der Waals surface area (Å²) in [6, 6.07) is 4.83. The van der Waals surface area contributed by atoms with E-state index in [1.54, 1.807) is 7.11 Å². The first-order chi connectivity index (χ1) is 10.1. The third-order valence-corrected chi connectivity index (χ3v) is 4.99. The van der Waals surface area contributed by atoms with Crippen molar-refractivity contribution >= 4 is 11.6 Å². The zero-order chi connectivity index (χ0) is 15.3. The minimum atomic E-state index is -0.268. The van der Waals surface area contributed by atoms with Crippen LogP contribution < -0.4 is 5.32 Å². The summed E-state index contributed by atoms with van der Waals surface area (Å²) < 4.78 is 18.4. The fourth-order valence-corrected chi connectivity index (χ4v) is 3.65. The lowest BCUT2D eigenvalue weighted by Crippen LogP contribution is -2.42. The Labute approximate surface area is 132 Å². The molecule has 1 aliphatic rings. The summed E-state index contributed by atoms with van der Waals surface area (Å²) >= 11 is 6.34. The monoisotopic (exact) mass is 313 g/mol. The summed E-state index contributed by atoms with van der Waals surface area (Å²) in [4.78, 5) is 0. The number of benzene rings is 1. The lowest BCUT2D eigenvalue weighted by atomic mass is 9.67. The number of ether oxygens (including phenoxy) is 1. The largest absolute Gasteiger partial charge is 0.383 e. The summed E-state index contributed by atoms with van der Waals surface area (Å²) in [6.45, 7) is 4.69. The van der Waals surface area contributed by atoms with Crippen LogP contribution in [-0.4, -0.2) is 26.8 Å². The molecule has 1 aromatic rings. The molecule has 4 heteroatoms. The molecule has 0 spiro atoms. The van der Waals surface area contributed by atoms with Crippen LogP contribution in [0.25, 0.3) is 0 Å². The van der Waals surface area contributed by atoms with Gasteiger partial charge in [0.1, 0.15) is 5.82 Å². The van der Waals surface area contributed by atoms with Crippen LogP contribution in [0.2, 0.25) is 5.02 Å². The SMILES string of the molecule is COCCNCC1(c2ccc(F)cc2Cl)CCC(C)CC1. The van der Waals surface area contributed by atoms with E-state index < -0.39 is 0 Å². The van der Waals surface area contributed by atoms with Gasteiger partial charge in [-0.15, -0.1) is 0 Å². The smallest absolute Gasteiger partial charge is 0.124 e. The quantitative estimate of drug-likeness (QED) is 0.796. The fraction of sp³-hybridized carbons (Fsp3) is 0.647. The Morgan fingerprint density at radius 3 is 2.71 bits per heavy atom. The molecule has 1 saturated carbocycles. The van der Waals surface area contributed by atoms with E-state index in [0.717, 1.165) is 37.4 Å². The van der Waals surface area contributed by atoms with Gasteiger partial charge in [0.2, 0.25) is 0 Å². The lowest BCUT2D eigenvalue weighted by Gasteiger charge is -2.41. The van der Waals surface area contributed by atoms with Gasteiger partial charge in [-0.25, -0.2) is 4.39 Å². The third kappa shape index (κ3) is 4.18. The van der Waals surface area contributed by atoms with E-state index in [4.69, 9.17) is 16.3 Å². The molecule has 0 heterocycles. The van der Waals surface area contributed by atoms with Crippen molar-refractivity contribution in [2.45, 2.75) is 38.0 Å². The highest BCUT2D eigenvalue weighted by atomic mass is 35.5. The number of rotatable bonds is 6. The minimum absolute atomic E-state index is 0.0189. The Hall–Kier alpha value is -0.640. The molecular formula is C17H25ClFNO. The summed E-state index contributed by atoms with van der Waals surface area (Å²) in [5, 5.41) is 4.03. The topological polar surface area (TPSA) is 21.3 Å². The summed E-state index contributed by atoms with van der Waals surface area (Å²) in [6.07, 6.45) is 4.58. The van der Waals surface area contributed by atoms with Crippen molar-refractivity contribution in [2.75, 3.05) is 26.8 Å². The molecule has 0 radical (unpaired) electrons. The van der Waals surface area contributed by atoms with Gasteiger partial charge in [-0.05, 0) is 49.3 Å². The average Bonchev–Trinajstić information content (AvgIpc) is 2.46. The van der Waals surface area contributed by atoms with E-state index >= 15 is 0 Å². The van der Waals surface area contributed by atoms with Crippen LogP contribution in [0, 0.1) is 11.7 Å². The molecule has 0 saturated heterocycles. The molecule has 0 aromatic heterocycles. The highest BCUT2D eigenvalue weighted by Crippen LogP contribution is 2.43. The minimum Gasteiger partial charge on any atom is -0.383 e. The summed E-state index contributed by atoms with van der Waals surface area (Å²) in [7, 11) is 1.70. The van der Waals surface area contributed by atoms with Crippen molar-refractivity contribution in [3.8, 4) is 0 Å². The van der Waals surface area contributed by atoms with Crippen molar-refractivity contribution in [3.63, 3.8) is 0 Å². The Morgan fingerprint density at radius 2 is 2.10 bits per heavy atom. The Bertz CT molecular complexity index is 458. The van der Waals surface area contributed by atoms with Gasteiger partial charge in [0.15, 0.2) is 0 Å². The zero-order valence-corrected chi connectivity index (χ0v) is 13.7. The number of hydrogen-bond donors (Lipinski definition) is 1. The molecule has 118 valence electrons. The molecule has 0 unspecified atom stereocenters. The van der Waals surface area contributed by atoms with E-state index in [9.17, 15) is 4.39 Å². The van der Waals surface area contributed by atoms with Crippen LogP contribution >= 0.6 is 11.6 Å². The van der Waals surface area contributed by atoms with Crippen molar-refractivity contribution in [3.05, 3.63) is 34.6 Å². The molecule has 2 nitrogen and oxygen atoms in total. The maximum Gasteiger partial charge on any atom is 0.124 e. The highest BCUT2D eigenvalue weighted by molar-refractivity contribution is 6.31. The third-order valence-electron chi connectivity index (χ3n) is 4.68. The van der Waals surface area contributed by atoms with Gasteiger partial charge in [0.05, 0.1) is 6.61 Å². The van der Waals surface area contributed by atoms with E-state index in [0.29, 0.717) is 11.6 Å². The molecule has 21 heavy (non-hydrogen) atoms. The van der Waals surface area contributed by atoms with Crippen LogP contribution in [0.4, 0.5) is 4.39 Å². The van der Waals surface area contributed by atoms with Gasteiger partial charge in [-0.1, -0.05) is 24.6 Å². The molecule has 0 amide bonds. The lowest BCUT2D eigenvalue weighted by molar-refractivity contribution is 0.187. The number of hydrogen-bond acceptors (Lipinski definition) is 2. The van der Waals surface area contributed by atoms with Crippen molar-refractivity contribution in [2.24, 2.45) is 5.92 Å². The molecule has 1 N–H and O–H groups in total. The van der Waals surface area contributed by atoms with Gasteiger partial charge in [-0.2, -0.15) is 0 Å². The average molecular weight is 314 g/mol. The van der Waals surface area contributed by atoms with E-state index in [1.165, 1.54) is 25.0 Å². The summed E-state index contributed by atoms with van der Waals surface area (Å²) in [5.41, 5.74) is 1.10. The van der Waals surface area contributed by atoms with E-state index in [2.05, 4.69) is 12.2 Å². The fourth-order valence-electron chi connectivity index (χ4n) is 3.28. The Kier molecular flexibility index (Phi) is 6.03. The molecular weight excluding hydrogens is 289 g/mol. The first kappa shape index (κ1) is 16.7. The maximum absolute atomic E-state index is 13.3. The van der Waals surface area contributed by atoms with Crippen LogP contribution in [0.3, 0.4) is 0 Å². The molecule has 0 aliphatic heterocycles. The summed E-state index contributed by atoms with van der Waals surface area (Å²) in [5.74, 6) is 0.492. The first-order valence-electron chi connectivity index (χ1n) is 7.72. The number of methoxy groups -OCH3 is 1. The maximum atomic E-state index is 13.3. The van der Waals surface area contributed by atoms with E-state index in [-0.39, 0.29) is 11.2 Å². The highest BCUT2D eigenvalue weighted by Gasteiger charge is 2.37. The van der Waals surface area contributed by atoms with Gasteiger partial charge in [0.25, 0.3) is 0 Å². The van der Waals surface area contributed by atoms with Crippen molar-refractivity contribution in [1.82, 2.24) is 5.32 Å². The van der Waals surface area contributed by atoms with Crippen molar-refractivity contribution in [1.29, 1.82) is 0 Å². The second-order valence-electron chi connectivity index (χ2n) is 6.26. The Balaban J connectivity index is 2.18. The molecule has 1 aliphatic carbocycles. The predicted octanol–water partition coefficient (Wildman–Crippen LogP) is 4.16.